The fourth-order valence-corrected chi connectivity index (χ4v) is 5.40. The van der Waals surface area contributed by atoms with Gasteiger partial charge in [0.2, 0.25) is 12.3 Å². The van der Waals surface area contributed by atoms with Gasteiger partial charge in [-0.1, -0.05) is 32.6 Å². The Morgan fingerprint density at radius 2 is 1.93 bits per heavy atom. The lowest BCUT2D eigenvalue weighted by Gasteiger charge is -2.41. The Morgan fingerprint density at radius 3 is 2.54 bits per heavy atom. The first kappa shape index (κ1) is 29.6. The first-order valence-electron chi connectivity index (χ1n) is 13.7. The molecule has 1 atom stereocenters. The van der Waals surface area contributed by atoms with Crippen LogP contribution in [0.15, 0.2) is 60.2 Å². The van der Waals surface area contributed by atoms with Crippen molar-refractivity contribution in [1.82, 2.24) is 19.8 Å². The minimum atomic E-state index is -0.402. The molecule has 8 nitrogen and oxygen atoms in total. The highest BCUT2D eigenvalue weighted by Crippen LogP contribution is 2.37. The van der Waals surface area contributed by atoms with Crippen LogP contribution in [-0.2, 0) is 9.59 Å². The number of hydrogen-bond donors (Lipinski definition) is 0. The van der Waals surface area contributed by atoms with Gasteiger partial charge in [-0.05, 0) is 68.2 Å². The van der Waals surface area contributed by atoms with E-state index in [9.17, 15) is 9.59 Å². The SMILES string of the molecule is C=CC(=O)N1CCN(/C(=N/C)c2cc(C)c(-c3ccccc3F)nc2N(C=O)c2c(C)ccnc2C(C)C)C(C)C1. The Balaban J connectivity index is 1.95. The number of halogens is 1. The number of aromatic nitrogens is 2. The second-order valence-corrected chi connectivity index (χ2v) is 10.6. The van der Waals surface area contributed by atoms with Crippen molar-refractivity contribution in [3.05, 3.63) is 83.5 Å². The molecule has 2 aromatic heterocycles. The molecule has 1 saturated heterocycles. The molecule has 0 radical (unpaired) electrons. The lowest BCUT2D eigenvalue weighted by molar-refractivity contribution is -0.128. The first-order valence-corrected chi connectivity index (χ1v) is 13.7. The molecule has 0 N–H and O–H groups in total. The van der Waals surface area contributed by atoms with Crippen LogP contribution in [0.1, 0.15) is 49.1 Å². The highest BCUT2D eigenvalue weighted by molar-refractivity contribution is 6.07. The number of hydrogen-bond acceptors (Lipinski definition) is 5. The average molecular weight is 557 g/mol. The van der Waals surface area contributed by atoms with Gasteiger partial charge in [0.1, 0.15) is 11.7 Å². The number of carbonyl (C=O) groups is 2. The molecule has 4 rings (SSSR count). The highest BCUT2D eigenvalue weighted by Gasteiger charge is 2.32. The smallest absolute Gasteiger partial charge is 0.246 e. The third kappa shape index (κ3) is 5.75. The molecule has 3 heterocycles. The molecule has 1 aliphatic heterocycles. The Labute approximate surface area is 241 Å². The van der Waals surface area contributed by atoms with Gasteiger partial charge in [0.05, 0.1) is 22.6 Å². The number of piperazine rings is 1. The number of aliphatic imine (C=N–C) groups is 1. The van der Waals surface area contributed by atoms with Crippen molar-refractivity contribution < 1.29 is 14.0 Å². The summed E-state index contributed by atoms with van der Waals surface area (Å²) in [6.45, 7) is 15.0. The molecule has 1 aromatic carbocycles. The van der Waals surface area contributed by atoms with Crippen LogP contribution in [0.2, 0.25) is 0 Å². The summed E-state index contributed by atoms with van der Waals surface area (Å²) in [6.07, 6.45) is 3.80. The van der Waals surface area contributed by atoms with Crippen LogP contribution < -0.4 is 4.90 Å². The maximum atomic E-state index is 15.0. The van der Waals surface area contributed by atoms with Gasteiger partial charge in [0.25, 0.3) is 0 Å². The van der Waals surface area contributed by atoms with Crippen LogP contribution in [0.5, 0.6) is 0 Å². The van der Waals surface area contributed by atoms with E-state index in [-0.39, 0.29) is 17.9 Å². The molecule has 1 fully saturated rings. The summed E-state index contributed by atoms with van der Waals surface area (Å²) in [6, 6.07) is 10.2. The van der Waals surface area contributed by atoms with Crippen molar-refractivity contribution in [2.45, 2.75) is 46.6 Å². The second kappa shape index (κ2) is 12.4. The molecule has 0 spiro atoms. The van der Waals surface area contributed by atoms with Crippen LogP contribution in [0.4, 0.5) is 15.9 Å². The fourth-order valence-electron chi connectivity index (χ4n) is 5.40. The number of carbonyl (C=O) groups excluding carboxylic acids is 2. The summed E-state index contributed by atoms with van der Waals surface area (Å²) in [5, 5.41) is 0. The number of benzene rings is 1. The van der Waals surface area contributed by atoms with Crippen molar-refractivity contribution in [2.75, 3.05) is 31.6 Å². The number of amidine groups is 1. The van der Waals surface area contributed by atoms with Crippen molar-refractivity contribution in [3.63, 3.8) is 0 Å². The van der Waals surface area contributed by atoms with Gasteiger partial charge in [-0.15, -0.1) is 0 Å². The van der Waals surface area contributed by atoms with Gasteiger partial charge >= 0.3 is 0 Å². The normalized spacial score (nSPS) is 15.7. The van der Waals surface area contributed by atoms with E-state index >= 15 is 4.39 Å². The maximum absolute atomic E-state index is 15.0. The quantitative estimate of drug-likeness (QED) is 0.168. The Kier molecular flexibility index (Phi) is 8.95. The Morgan fingerprint density at radius 1 is 1.20 bits per heavy atom. The van der Waals surface area contributed by atoms with Crippen molar-refractivity contribution in [3.8, 4) is 11.3 Å². The number of aryl methyl sites for hydroxylation is 2. The molecular formula is C32H37FN6O2. The van der Waals surface area contributed by atoms with Crippen LogP contribution in [0.25, 0.3) is 11.3 Å². The predicted octanol–water partition coefficient (Wildman–Crippen LogP) is 5.41. The minimum Gasteiger partial charge on any atom is -0.350 e. The fraction of sp³-hybridized carbons (Fsp3) is 0.344. The van der Waals surface area contributed by atoms with E-state index in [1.165, 1.54) is 17.0 Å². The third-order valence-electron chi connectivity index (χ3n) is 7.44. The zero-order chi connectivity index (χ0) is 29.8. The molecular weight excluding hydrogens is 519 g/mol. The third-order valence-corrected chi connectivity index (χ3v) is 7.44. The molecule has 214 valence electrons. The Bertz CT molecular complexity index is 1500. The largest absolute Gasteiger partial charge is 0.350 e. The van der Waals surface area contributed by atoms with Crippen LogP contribution >= 0.6 is 0 Å². The standard InChI is InChI=1S/C32H37FN6O2/c1-8-27(41)37-15-16-38(23(6)18-37)31(34-7)25-17-22(5)29(24-11-9-10-12-26(24)33)36-32(25)39(19-40)30-21(4)13-14-35-28(30)20(2)3/h8-14,17,19-20,23H,1,15-16,18H2,2-7H3/b34-31+. The van der Waals surface area contributed by atoms with E-state index in [1.807, 2.05) is 46.8 Å². The number of amides is 2. The van der Waals surface area contributed by atoms with Crippen molar-refractivity contribution in [2.24, 2.45) is 4.99 Å². The first-order chi connectivity index (χ1) is 19.6. The van der Waals surface area contributed by atoms with Gasteiger partial charge in [-0.2, -0.15) is 0 Å². The Hall–Kier alpha value is -4.40. The van der Waals surface area contributed by atoms with Crippen molar-refractivity contribution in [1.29, 1.82) is 0 Å². The number of pyridine rings is 2. The summed E-state index contributed by atoms with van der Waals surface area (Å²) >= 11 is 0. The lowest BCUT2D eigenvalue weighted by atomic mass is 10.0. The van der Waals surface area contributed by atoms with Crippen molar-refractivity contribution >= 4 is 29.7 Å². The van der Waals surface area contributed by atoms with E-state index in [4.69, 9.17) is 4.98 Å². The zero-order valence-electron chi connectivity index (χ0n) is 24.6. The number of rotatable bonds is 7. The van der Waals surface area contributed by atoms with E-state index in [0.717, 1.165) is 23.2 Å². The molecule has 1 unspecified atom stereocenters. The van der Waals surface area contributed by atoms with Gasteiger partial charge in [-0.3, -0.25) is 24.5 Å². The van der Waals surface area contributed by atoms with Gasteiger partial charge in [0.15, 0.2) is 5.82 Å². The molecule has 9 heteroatoms. The molecule has 0 bridgehead atoms. The highest BCUT2D eigenvalue weighted by atomic mass is 19.1. The van der Waals surface area contributed by atoms with Crippen LogP contribution in [-0.4, -0.2) is 70.6 Å². The summed E-state index contributed by atoms with van der Waals surface area (Å²) in [7, 11) is 1.70. The van der Waals surface area contributed by atoms with E-state index in [1.54, 1.807) is 36.3 Å². The summed E-state index contributed by atoms with van der Waals surface area (Å²) < 4.78 is 15.0. The molecule has 3 aromatic rings. The van der Waals surface area contributed by atoms with Gasteiger partial charge in [0, 0.05) is 44.5 Å². The second-order valence-electron chi connectivity index (χ2n) is 10.6. The lowest BCUT2D eigenvalue weighted by Crippen LogP contribution is -2.55. The van der Waals surface area contributed by atoms with E-state index < -0.39 is 5.82 Å². The van der Waals surface area contributed by atoms with E-state index in [2.05, 4.69) is 21.5 Å². The monoisotopic (exact) mass is 556 g/mol. The van der Waals surface area contributed by atoms with Gasteiger partial charge < -0.3 is 9.80 Å². The van der Waals surface area contributed by atoms with E-state index in [0.29, 0.717) is 53.8 Å². The maximum Gasteiger partial charge on any atom is 0.246 e. The van der Waals surface area contributed by atoms with Crippen LogP contribution in [0.3, 0.4) is 0 Å². The summed E-state index contributed by atoms with van der Waals surface area (Å²) in [5.41, 5.74) is 4.39. The minimum absolute atomic E-state index is 0.0297. The van der Waals surface area contributed by atoms with Crippen LogP contribution in [0, 0.1) is 19.7 Å². The zero-order valence-corrected chi connectivity index (χ0v) is 24.6. The molecule has 2 amide bonds. The number of nitrogens with zero attached hydrogens (tertiary/aromatic N) is 6. The van der Waals surface area contributed by atoms with Gasteiger partial charge in [-0.25, -0.2) is 9.37 Å². The molecule has 0 aliphatic carbocycles. The molecule has 0 saturated carbocycles. The summed E-state index contributed by atoms with van der Waals surface area (Å²) in [4.78, 5) is 44.9. The topological polar surface area (TPSA) is 82.0 Å². The summed E-state index contributed by atoms with van der Waals surface area (Å²) in [5.74, 6) is 0.481. The predicted molar refractivity (Wildman–Crippen MR) is 161 cm³/mol. The number of anilines is 2. The molecule has 41 heavy (non-hydrogen) atoms. The average Bonchev–Trinajstić information content (AvgIpc) is 2.96. The molecule has 1 aliphatic rings.